The summed E-state index contributed by atoms with van der Waals surface area (Å²) in [5, 5.41) is 24.0. The predicted octanol–water partition coefficient (Wildman–Crippen LogP) is 4.82. The van der Waals surface area contributed by atoms with Crippen LogP contribution in [0.5, 0.6) is 0 Å². The van der Waals surface area contributed by atoms with Crippen LogP contribution in [-0.4, -0.2) is 47.3 Å². The van der Waals surface area contributed by atoms with Crippen molar-refractivity contribution in [3.05, 3.63) is 103 Å². The number of nitrogens with zero attached hydrogens (tertiary/aromatic N) is 6. The Labute approximate surface area is 260 Å². The van der Waals surface area contributed by atoms with Gasteiger partial charge in [-0.2, -0.15) is 5.21 Å². The van der Waals surface area contributed by atoms with Crippen LogP contribution in [0.3, 0.4) is 0 Å². The summed E-state index contributed by atoms with van der Waals surface area (Å²) in [6.45, 7) is 3.26. The Kier molecular flexibility index (Phi) is 9.67. The average molecular weight is 638 g/mol. The van der Waals surface area contributed by atoms with Gasteiger partial charge in [-0.15, -0.1) is 20.3 Å². The van der Waals surface area contributed by atoms with Crippen LogP contribution >= 0.6 is 11.6 Å². The number of benzene rings is 2. The molecule has 0 saturated carbocycles. The number of esters is 1. The minimum atomic E-state index is -1.04. The van der Waals surface area contributed by atoms with Crippen molar-refractivity contribution in [3.63, 3.8) is 0 Å². The number of carbonyl (C=O) groups excluding carboxylic acids is 1. The number of unbranched alkanes of at least 4 members (excludes halogenated alkanes) is 1. The van der Waals surface area contributed by atoms with Gasteiger partial charge in [0.1, 0.15) is 11.9 Å². The van der Waals surface area contributed by atoms with Gasteiger partial charge < -0.3 is 23.0 Å². The predicted molar refractivity (Wildman–Crippen MR) is 158 cm³/mol. The van der Waals surface area contributed by atoms with Gasteiger partial charge >= 0.3 is 11.8 Å². The van der Waals surface area contributed by atoms with Crippen molar-refractivity contribution in [2.75, 3.05) is 0 Å². The Balaban J connectivity index is 1.37. The van der Waals surface area contributed by atoms with Crippen molar-refractivity contribution in [2.24, 2.45) is 0 Å². The fraction of sp³-hybridized carbons (Fsp3) is 0.310. The lowest BCUT2D eigenvalue weighted by molar-refractivity contribution is -0.767. The molecule has 1 N–H and O–H groups in total. The van der Waals surface area contributed by atoms with E-state index in [4.69, 9.17) is 25.2 Å². The van der Waals surface area contributed by atoms with E-state index in [0.717, 1.165) is 35.1 Å². The van der Waals surface area contributed by atoms with E-state index in [1.165, 1.54) is 6.92 Å². The first-order valence-electron chi connectivity index (χ1n) is 14.0. The quantitative estimate of drug-likeness (QED) is 0.0992. The highest BCUT2D eigenvalue weighted by atomic mass is 35.5. The second kappa shape index (κ2) is 14.0. The molecule has 16 heteroatoms. The van der Waals surface area contributed by atoms with E-state index in [0.29, 0.717) is 18.1 Å². The molecule has 0 fully saturated rings. The number of hydrogen-bond donors (Lipinski definition) is 1. The molecule has 3 heterocycles. The summed E-state index contributed by atoms with van der Waals surface area (Å²) >= 11 is 6.47. The van der Waals surface area contributed by atoms with Gasteiger partial charge in [-0.25, -0.2) is 14.6 Å². The molecule has 5 aromatic rings. The van der Waals surface area contributed by atoms with E-state index in [9.17, 15) is 19.7 Å². The highest BCUT2D eigenvalue weighted by Gasteiger charge is 2.26. The van der Waals surface area contributed by atoms with Crippen LogP contribution in [0.1, 0.15) is 60.1 Å². The molecule has 5 rings (SSSR count). The van der Waals surface area contributed by atoms with E-state index < -0.39 is 29.6 Å². The van der Waals surface area contributed by atoms with Crippen LogP contribution < -0.4 is 5.82 Å². The first kappa shape index (κ1) is 31.1. The van der Waals surface area contributed by atoms with Crippen LogP contribution in [0, 0.1) is 10.1 Å². The fourth-order valence-corrected chi connectivity index (χ4v) is 5.06. The van der Waals surface area contributed by atoms with Crippen molar-refractivity contribution < 1.29 is 28.3 Å². The molecule has 0 saturated heterocycles. The first-order chi connectivity index (χ1) is 21.7. The molecule has 1 atom stereocenters. The number of imidazole rings is 1. The standard InChI is InChI=1S/C29H28ClN7O8/c1-3-4-9-24-31-26(30)25(28(38)42-16-23-22(43-29(39)44-23)14-17(2)45-37(40)41)36(24)15-18-10-12-19(13-11-18)20-7-5-6-8-21(20)27-32-34-35-33-27/h5-8,10-13,17H,3-4,9,14-16H2,1-2H3,(H,32,33,34,35)/t17-/m1/s1. The molecule has 0 bridgehead atoms. The van der Waals surface area contributed by atoms with Crippen molar-refractivity contribution in [3.8, 4) is 22.5 Å². The Hall–Kier alpha value is -5.31. The third kappa shape index (κ3) is 7.44. The summed E-state index contributed by atoms with van der Waals surface area (Å²) < 4.78 is 17.2. The largest absolute Gasteiger partial charge is 0.519 e. The summed E-state index contributed by atoms with van der Waals surface area (Å²) in [4.78, 5) is 44.6. The minimum Gasteiger partial charge on any atom is -0.453 e. The summed E-state index contributed by atoms with van der Waals surface area (Å²) in [7, 11) is 0. The molecule has 0 aliphatic heterocycles. The number of carbonyl (C=O) groups is 1. The molecule has 0 spiro atoms. The maximum absolute atomic E-state index is 13.4. The van der Waals surface area contributed by atoms with E-state index in [1.807, 2.05) is 55.5 Å². The molecule has 0 unspecified atom stereocenters. The molecular weight excluding hydrogens is 610 g/mol. The van der Waals surface area contributed by atoms with Gasteiger partial charge in [-0.05, 0) is 35.2 Å². The first-order valence-corrected chi connectivity index (χ1v) is 14.4. The van der Waals surface area contributed by atoms with Crippen LogP contribution in [0.25, 0.3) is 22.5 Å². The number of rotatable bonds is 14. The Morgan fingerprint density at radius 2 is 1.87 bits per heavy atom. The van der Waals surface area contributed by atoms with Crippen molar-refractivity contribution in [1.29, 1.82) is 0 Å². The van der Waals surface area contributed by atoms with Gasteiger partial charge in [0.05, 0.1) is 0 Å². The molecule has 0 radical (unpaired) electrons. The summed E-state index contributed by atoms with van der Waals surface area (Å²) in [6.07, 6.45) is 1.20. The van der Waals surface area contributed by atoms with Gasteiger partial charge in [-0.3, -0.25) is 0 Å². The molecule has 15 nitrogen and oxygen atoms in total. The number of aromatic amines is 1. The second-order valence-corrected chi connectivity index (χ2v) is 10.4. The average Bonchev–Trinajstić information content (AvgIpc) is 3.74. The van der Waals surface area contributed by atoms with Gasteiger partial charge in [0.25, 0.3) is 5.09 Å². The smallest absolute Gasteiger partial charge is 0.453 e. The van der Waals surface area contributed by atoms with Crippen LogP contribution in [0.4, 0.5) is 0 Å². The third-order valence-electron chi connectivity index (χ3n) is 6.87. The molecule has 0 amide bonds. The maximum Gasteiger partial charge on any atom is 0.519 e. The molecule has 0 aliphatic rings. The zero-order chi connectivity index (χ0) is 31.9. The van der Waals surface area contributed by atoms with Gasteiger partial charge in [0.2, 0.25) is 5.82 Å². The third-order valence-corrected chi connectivity index (χ3v) is 7.13. The number of aromatic nitrogens is 6. The topological polar surface area (TPSA) is 194 Å². The normalized spacial score (nSPS) is 11.8. The molecule has 3 aromatic heterocycles. The molecule has 2 aromatic carbocycles. The molecular formula is C29H28ClN7O8. The molecule has 45 heavy (non-hydrogen) atoms. The molecule has 0 aliphatic carbocycles. The molecule has 234 valence electrons. The number of ether oxygens (including phenoxy) is 1. The van der Waals surface area contributed by atoms with Crippen molar-refractivity contribution >= 4 is 17.6 Å². The fourth-order valence-electron chi connectivity index (χ4n) is 4.78. The number of hydrogen-bond acceptors (Lipinski definition) is 12. The second-order valence-electron chi connectivity index (χ2n) is 10.1. The number of nitrogens with one attached hydrogen (secondary N) is 1. The minimum absolute atomic E-state index is 0.0290. The Bertz CT molecular complexity index is 1830. The van der Waals surface area contributed by atoms with Crippen LogP contribution in [0.2, 0.25) is 5.15 Å². The lowest BCUT2D eigenvalue weighted by Crippen LogP contribution is -2.17. The SMILES string of the molecule is CCCCc1nc(Cl)c(C(=O)OCc2oc(=O)oc2C[C@@H](C)O[N+](=O)[O-])n1Cc1ccc(-c2ccccc2-c2nn[nH]n2)cc1. The van der Waals surface area contributed by atoms with Gasteiger partial charge in [0, 0.05) is 24.9 Å². The summed E-state index contributed by atoms with van der Waals surface area (Å²) in [6, 6.07) is 15.5. The van der Waals surface area contributed by atoms with E-state index in [-0.39, 0.29) is 35.3 Å². The number of halogens is 1. The summed E-state index contributed by atoms with van der Waals surface area (Å²) in [5.74, 6) is -0.888. The highest BCUT2D eigenvalue weighted by Crippen LogP contribution is 2.30. The lowest BCUT2D eigenvalue weighted by atomic mass is 9.98. The Morgan fingerprint density at radius 3 is 2.56 bits per heavy atom. The van der Waals surface area contributed by atoms with Crippen LogP contribution in [-0.2, 0) is 35.6 Å². The Morgan fingerprint density at radius 1 is 1.13 bits per heavy atom. The number of H-pyrrole nitrogens is 1. The number of aryl methyl sites for hydroxylation is 1. The van der Waals surface area contributed by atoms with E-state index >= 15 is 0 Å². The lowest BCUT2D eigenvalue weighted by Gasteiger charge is -2.13. The maximum atomic E-state index is 13.4. The highest BCUT2D eigenvalue weighted by molar-refractivity contribution is 6.32. The van der Waals surface area contributed by atoms with Gasteiger partial charge in [0.15, 0.2) is 29.0 Å². The zero-order valence-electron chi connectivity index (χ0n) is 24.3. The van der Waals surface area contributed by atoms with Crippen LogP contribution in [0.15, 0.2) is 62.2 Å². The zero-order valence-corrected chi connectivity index (χ0v) is 25.0. The van der Waals surface area contributed by atoms with Gasteiger partial charge in [-0.1, -0.05) is 73.5 Å². The van der Waals surface area contributed by atoms with E-state index in [1.54, 1.807) is 4.57 Å². The number of tetrazole rings is 1. The monoisotopic (exact) mass is 637 g/mol. The summed E-state index contributed by atoms with van der Waals surface area (Å²) in [5.41, 5.74) is 3.59. The van der Waals surface area contributed by atoms with Crippen molar-refractivity contribution in [1.82, 2.24) is 30.2 Å². The van der Waals surface area contributed by atoms with E-state index in [2.05, 4.69) is 30.4 Å². The van der Waals surface area contributed by atoms with Crippen molar-refractivity contribution in [2.45, 2.75) is 58.8 Å².